The van der Waals surface area contributed by atoms with Crippen LogP contribution in [0.2, 0.25) is 5.02 Å². The van der Waals surface area contributed by atoms with Crippen molar-refractivity contribution in [3.63, 3.8) is 0 Å². The fourth-order valence-electron chi connectivity index (χ4n) is 2.31. The van der Waals surface area contributed by atoms with Crippen molar-refractivity contribution in [2.24, 2.45) is 0 Å². The van der Waals surface area contributed by atoms with Crippen LogP contribution in [0, 0.1) is 0 Å². The first-order chi connectivity index (χ1) is 9.22. The number of aromatic nitrogens is 2. The number of imidazole rings is 1. The fourth-order valence-corrected chi connectivity index (χ4v) is 2.51. The van der Waals surface area contributed by atoms with E-state index in [0.717, 1.165) is 25.5 Å². The molecule has 2 aromatic rings. The Bertz CT molecular complexity index is 608. The Balaban J connectivity index is 1.68. The number of rotatable bonds is 3. The van der Waals surface area contributed by atoms with Crippen molar-refractivity contribution in [1.82, 2.24) is 14.5 Å². The highest BCUT2D eigenvalue weighted by atomic mass is 35.5. The van der Waals surface area contributed by atoms with Gasteiger partial charge in [0.2, 0.25) is 0 Å². The third-order valence-corrected chi connectivity index (χ3v) is 3.57. The van der Waals surface area contributed by atoms with Gasteiger partial charge in [-0.25, -0.2) is 4.98 Å². The molecule has 0 radical (unpaired) electrons. The summed E-state index contributed by atoms with van der Waals surface area (Å²) in [5.41, 5.74) is 0.668. The lowest BCUT2D eigenvalue weighted by Crippen LogP contribution is -2.37. The summed E-state index contributed by atoms with van der Waals surface area (Å²) in [6.45, 7) is 2.89. The van der Waals surface area contributed by atoms with Crippen LogP contribution in [0.3, 0.4) is 0 Å². The molecule has 5 heteroatoms. The zero-order valence-electron chi connectivity index (χ0n) is 10.4. The molecule has 1 aliphatic heterocycles. The average Bonchev–Trinajstić information content (AvgIpc) is 2.86. The summed E-state index contributed by atoms with van der Waals surface area (Å²) in [5.74, 6) is 1.12. The lowest BCUT2D eigenvalue weighted by atomic mass is 10.1. The van der Waals surface area contributed by atoms with Crippen LogP contribution in [0.4, 0.5) is 0 Å². The van der Waals surface area contributed by atoms with Crippen LogP contribution in [0.5, 0.6) is 0 Å². The Morgan fingerprint density at radius 2 is 2.26 bits per heavy atom. The molecule has 0 spiro atoms. The van der Waals surface area contributed by atoms with E-state index in [4.69, 9.17) is 11.6 Å². The largest absolute Gasteiger partial charge is 0.333 e. The minimum atomic E-state index is 0.0995. The number of carbonyl (C=O) groups excluding carboxylic acids is 1. The lowest BCUT2D eigenvalue weighted by Gasteiger charge is -2.26. The molecular formula is C14H14ClN3O. The van der Waals surface area contributed by atoms with Crippen molar-refractivity contribution in [1.29, 1.82) is 0 Å². The van der Waals surface area contributed by atoms with Crippen LogP contribution in [-0.4, -0.2) is 33.3 Å². The maximum atomic E-state index is 12.2. The highest BCUT2D eigenvalue weighted by Crippen LogP contribution is 2.14. The molecule has 0 saturated carbocycles. The van der Waals surface area contributed by atoms with E-state index in [1.807, 2.05) is 6.20 Å². The molecule has 0 atom stereocenters. The van der Waals surface area contributed by atoms with Crippen molar-refractivity contribution >= 4 is 17.4 Å². The highest BCUT2D eigenvalue weighted by molar-refractivity contribution is 6.31. The molecule has 2 heterocycles. The van der Waals surface area contributed by atoms with Crippen LogP contribution >= 0.6 is 11.6 Å². The minimum absolute atomic E-state index is 0.0995. The van der Waals surface area contributed by atoms with Gasteiger partial charge in [0.25, 0.3) is 0 Å². The van der Waals surface area contributed by atoms with Gasteiger partial charge in [0.05, 0.1) is 13.1 Å². The molecule has 1 aromatic carbocycles. The first-order valence-electron chi connectivity index (χ1n) is 6.23. The molecular weight excluding hydrogens is 262 g/mol. The summed E-state index contributed by atoms with van der Waals surface area (Å²) in [6.07, 6.45) is 3.78. The second-order valence-corrected chi connectivity index (χ2v) is 5.12. The third-order valence-electron chi connectivity index (χ3n) is 3.34. The number of halogens is 1. The number of fused-ring (bicyclic) bond motifs is 1. The van der Waals surface area contributed by atoms with Gasteiger partial charge < -0.3 is 4.57 Å². The van der Waals surface area contributed by atoms with E-state index in [1.54, 1.807) is 30.5 Å². The maximum absolute atomic E-state index is 12.2. The molecule has 0 saturated heterocycles. The van der Waals surface area contributed by atoms with Gasteiger partial charge in [-0.05, 0) is 12.1 Å². The summed E-state index contributed by atoms with van der Waals surface area (Å²) < 4.78 is 2.13. The van der Waals surface area contributed by atoms with Crippen molar-refractivity contribution < 1.29 is 4.79 Å². The molecule has 19 heavy (non-hydrogen) atoms. The van der Waals surface area contributed by atoms with Gasteiger partial charge in [-0.15, -0.1) is 0 Å². The minimum Gasteiger partial charge on any atom is -0.333 e. The highest BCUT2D eigenvalue weighted by Gasteiger charge is 2.19. The Kier molecular flexibility index (Phi) is 3.36. The normalized spacial score (nSPS) is 15.2. The first kappa shape index (κ1) is 12.4. The van der Waals surface area contributed by atoms with Crippen molar-refractivity contribution in [3.05, 3.63) is 53.1 Å². The van der Waals surface area contributed by atoms with Crippen LogP contribution in [0.1, 0.15) is 16.2 Å². The predicted octanol–water partition coefficient (Wildman–Crippen LogP) is 2.24. The number of benzene rings is 1. The Morgan fingerprint density at radius 1 is 1.37 bits per heavy atom. The molecule has 1 aliphatic rings. The van der Waals surface area contributed by atoms with Crippen LogP contribution in [-0.2, 0) is 13.1 Å². The lowest BCUT2D eigenvalue weighted by molar-refractivity contribution is 0.0908. The molecule has 0 aliphatic carbocycles. The average molecular weight is 276 g/mol. The van der Waals surface area contributed by atoms with Crippen LogP contribution < -0.4 is 0 Å². The molecule has 3 rings (SSSR count). The van der Waals surface area contributed by atoms with Crippen molar-refractivity contribution in [2.45, 2.75) is 13.1 Å². The van der Waals surface area contributed by atoms with E-state index in [9.17, 15) is 4.79 Å². The van der Waals surface area contributed by atoms with E-state index in [1.165, 1.54) is 0 Å². The topological polar surface area (TPSA) is 38.1 Å². The number of ketones is 1. The number of hydrogen-bond donors (Lipinski definition) is 0. The molecule has 0 fully saturated rings. The summed E-state index contributed by atoms with van der Waals surface area (Å²) in [6, 6.07) is 7.10. The molecule has 0 amide bonds. The van der Waals surface area contributed by atoms with Crippen molar-refractivity contribution in [3.8, 4) is 0 Å². The van der Waals surface area contributed by atoms with Gasteiger partial charge in [-0.1, -0.05) is 23.7 Å². The van der Waals surface area contributed by atoms with Gasteiger partial charge in [-0.3, -0.25) is 9.69 Å². The SMILES string of the molecule is O=C(CN1CCn2ccnc2C1)c1cccc(Cl)c1. The molecule has 0 N–H and O–H groups in total. The monoisotopic (exact) mass is 275 g/mol. The molecule has 98 valence electrons. The maximum Gasteiger partial charge on any atom is 0.176 e. The third kappa shape index (κ3) is 2.69. The summed E-state index contributed by atoms with van der Waals surface area (Å²) in [4.78, 5) is 18.6. The zero-order chi connectivity index (χ0) is 13.2. The zero-order valence-corrected chi connectivity index (χ0v) is 11.2. The Morgan fingerprint density at radius 3 is 3.11 bits per heavy atom. The predicted molar refractivity (Wildman–Crippen MR) is 73.3 cm³/mol. The van der Waals surface area contributed by atoms with Gasteiger partial charge >= 0.3 is 0 Å². The second-order valence-electron chi connectivity index (χ2n) is 4.68. The quantitative estimate of drug-likeness (QED) is 0.807. The standard InChI is InChI=1S/C14H14ClN3O/c15-12-3-1-2-11(8-12)13(19)9-17-6-7-18-5-4-16-14(18)10-17/h1-5,8H,6-7,9-10H2. The first-order valence-corrected chi connectivity index (χ1v) is 6.61. The van der Waals surface area contributed by atoms with Crippen LogP contribution in [0.15, 0.2) is 36.7 Å². The summed E-state index contributed by atoms with van der Waals surface area (Å²) >= 11 is 5.90. The molecule has 0 unspecified atom stereocenters. The Labute approximate surface area is 116 Å². The second kappa shape index (κ2) is 5.15. The van der Waals surface area contributed by atoms with Gasteiger partial charge in [0, 0.05) is 36.1 Å². The van der Waals surface area contributed by atoms with E-state index in [2.05, 4.69) is 14.5 Å². The number of carbonyl (C=O) groups is 1. The molecule has 1 aromatic heterocycles. The van der Waals surface area contributed by atoms with Gasteiger partial charge in [0.1, 0.15) is 5.82 Å². The smallest absolute Gasteiger partial charge is 0.176 e. The van der Waals surface area contributed by atoms with E-state index < -0.39 is 0 Å². The summed E-state index contributed by atoms with van der Waals surface area (Å²) in [7, 11) is 0. The number of Topliss-reactive ketones (excluding diaryl/α,β-unsaturated/α-hetero) is 1. The summed E-state index contributed by atoms with van der Waals surface area (Å²) in [5, 5.41) is 0.597. The van der Waals surface area contributed by atoms with Crippen LogP contribution in [0.25, 0.3) is 0 Å². The van der Waals surface area contributed by atoms with Gasteiger partial charge in [0.15, 0.2) is 5.78 Å². The van der Waals surface area contributed by atoms with E-state index in [0.29, 0.717) is 17.1 Å². The number of hydrogen-bond acceptors (Lipinski definition) is 3. The van der Waals surface area contributed by atoms with E-state index >= 15 is 0 Å². The fraction of sp³-hybridized carbons (Fsp3) is 0.286. The Hall–Kier alpha value is -1.65. The number of nitrogens with zero attached hydrogens (tertiary/aromatic N) is 3. The molecule has 0 bridgehead atoms. The molecule has 4 nitrogen and oxygen atoms in total. The van der Waals surface area contributed by atoms with Crippen molar-refractivity contribution in [2.75, 3.05) is 13.1 Å². The van der Waals surface area contributed by atoms with Gasteiger partial charge in [-0.2, -0.15) is 0 Å². The van der Waals surface area contributed by atoms with E-state index in [-0.39, 0.29) is 5.78 Å².